The first-order valence-electron chi connectivity index (χ1n) is 13.2. The average molecular weight is 423 g/mol. The zero-order valence-electron chi connectivity index (χ0n) is 20.1. The van der Waals surface area contributed by atoms with E-state index in [0.29, 0.717) is 13.2 Å². The fourth-order valence-corrected chi connectivity index (χ4v) is 5.96. The summed E-state index contributed by atoms with van der Waals surface area (Å²) in [6.45, 7) is 7.32. The average Bonchev–Trinajstić information content (AvgIpc) is 2.82. The standard InChI is InChI=1S/C30H46O/c1-3-5-7-8-25-15-19-29(20-16-25)30-21-17-27(18-22-30)10-9-26-11-13-28(14-12-26)24-31-23-6-4-2/h3-4,6,11-14,25,27,29-30H,1,5,7-10,15-24H2,2H3/t25-,27?,29-,30?. The van der Waals surface area contributed by atoms with Gasteiger partial charge < -0.3 is 4.74 Å². The molecule has 0 aliphatic heterocycles. The van der Waals surface area contributed by atoms with E-state index in [1.165, 1.54) is 94.6 Å². The summed E-state index contributed by atoms with van der Waals surface area (Å²) in [4.78, 5) is 0. The number of unbranched alkanes of at least 4 members (excludes halogenated alkanes) is 1. The van der Waals surface area contributed by atoms with Gasteiger partial charge in [-0.2, -0.15) is 0 Å². The van der Waals surface area contributed by atoms with Crippen LogP contribution in [-0.4, -0.2) is 6.61 Å². The Balaban J connectivity index is 1.29. The fourth-order valence-electron chi connectivity index (χ4n) is 5.96. The van der Waals surface area contributed by atoms with E-state index in [-0.39, 0.29) is 0 Å². The minimum absolute atomic E-state index is 0.706. The lowest BCUT2D eigenvalue weighted by Crippen LogP contribution is -2.26. The van der Waals surface area contributed by atoms with E-state index < -0.39 is 0 Å². The number of benzene rings is 1. The Morgan fingerprint density at radius 3 is 2.00 bits per heavy atom. The third kappa shape index (κ3) is 8.60. The number of allylic oxidation sites excluding steroid dienone is 2. The molecule has 2 aliphatic rings. The highest BCUT2D eigenvalue weighted by Crippen LogP contribution is 2.43. The first-order valence-corrected chi connectivity index (χ1v) is 13.2. The number of aryl methyl sites for hydroxylation is 1. The molecular formula is C30H46O. The van der Waals surface area contributed by atoms with Gasteiger partial charge in [0.15, 0.2) is 0 Å². The quantitative estimate of drug-likeness (QED) is 0.242. The number of ether oxygens (including phenoxy) is 1. The van der Waals surface area contributed by atoms with Crippen molar-refractivity contribution in [1.29, 1.82) is 0 Å². The summed E-state index contributed by atoms with van der Waals surface area (Å²) in [5, 5.41) is 0. The Labute approximate surface area is 192 Å². The molecule has 0 atom stereocenters. The summed E-state index contributed by atoms with van der Waals surface area (Å²) in [7, 11) is 0. The van der Waals surface area contributed by atoms with Crippen LogP contribution in [0, 0.1) is 23.7 Å². The maximum absolute atomic E-state index is 5.65. The molecule has 0 spiro atoms. The predicted molar refractivity (Wildman–Crippen MR) is 134 cm³/mol. The lowest BCUT2D eigenvalue weighted by atomic mass is 9.68. The van der Waals surface area contributed by atoms with E-state index in [0.717, 1.165) is 23.7 Å². The van der Waals surface area contributed by atoms with Crippen molar-refractivity contribution in [3.8, 4) is 0 Å². The van der Waals surface area contributed by atoms with Gasteiger partial charge in [-0.3, -0.25) is 0 Å². The van der Waals surface area contributed by atoms with Gasteiger partial charge in [0.25, 0.3) is 0 Å². The SMILES string of the molecule is C=CCCC[C@H]1CC[C@H](C2CCC(CCc3ccc(COCC=CC)cc3)CC2)CC1. The maximum atomic E-state index is 5.65. The Morgan fingerprint density at radius 1 is 0.839 bits per heavy atom. The Bertz CT molecular complexity index is 627. The zero-order valence-corrected chi connectivity index (χ0v) is 20.1. The molecule has 1 aromatic rings. The van der Waals surface area contributed by atoms with Gasteiger partial charge in [0, 0.05) is 0 Å². The second-order valence-corrected chi connectivity index (χ2v) is 10.2. The van der Waals surface area contributed by atoms with Gasteiger partial charge in [0.1, 0.15) is 0 Å². The Morgan fingerprint density at radius 2 is 1.42 bits per heavy atom. The van der Waals surface area contributed by atoms with E-state index in [4.69, 9.17) is 4.74 Å². The van der Waals surface area contributed by atoms with E-state index in [1.54, 1.807) is 0 Å². The molecule has 3 rings (SSSR count). The molecule has 0 aromatic heterocycles. The summed E-state index contributed by atoms with van der Waals surface area (Å²) in [6.07, 6.45) is 24.8. The minimum atomic E-state index is 0.706. The number of rotatable bonds is 12. The molecule has 1 aromatic carbocycles. The second kappa shape index (κ2) is 13.9. The van der Waals surface area contributed by atoms with Crippen LogP contribution >= 0.6 is 0 Å². The van der Waals surface area contributed by atoms with Gasteiger partial charge in [0.05, 0.1) is 13.2 Å². The Kier molecular flexibility index (Phi) is 10.9. The molecule has 0 N–H and O–H groups in total. The van der Waals surface area contributed by atoms with Gasteiger partial charge in [-0.1, -0.05) is 74.6 Å². The molecule has 2 fully saturated rings. The van der Waals surface area contributed by atoms with Gasteiger partial charge in [-0.15, -0.1) is 6.58 Å². The van der Waals surface area contributed by atoms with Crippen LogP contribution in [0.15, 0.2) is 49.1 Å². The third-order valence-corrected chi connectivity index (χ3v) is 8.05. The Hall–Kier alpha value is -1.34. The molecule has 31 heavy (non-hydrogen) atoms. The molecule has 0 radical (unpaired) electrons. The van der Waals surface area contributed by atoms with Crippen LogP contribution in [-0.2, 0) is 17.8 Å². The van der Waals surface area contributed by atoms with Crippen molar-refractivity contribution in [2.75, 3.05) is 6.61 Å². The predicted octanol–water partition coefficient (Wildman–Crippen LogP) is 8.68. The van der Waals surface area contributed by atoms with Gasteiger partial charge in [-0.05, 0) is 93.1 Å². The van der Waals surface area contributed by atoms with Crippen LogP contribution in [0.4, 0.5) is 0 Å². The van der Waals surface area contributed by atoms with Crippen molar-refractivity contribution in [3.63, 3.8) is 0 Å². The van der Waals surface area contributed by atoms with Gasteiger partial charge in [0.2, 0.25) is 0 Å². The van der Waals surface area contributed by atoms with Crippen LogP contribution in [0.25, 0.3) is 0 Å². The summed E-state index contributed by atoms with van der Waals surface area (Å²) >= 11 is 0. The van der Waals surface area contributed by atoms with Crippen molar-refractivity contribution in [2.45, 2.75) is 97.0 Å². The largest absolute Gasteiger partial charge is 0.373 e. The molecule has 0 heterocycles. The van der Waals surface area contributed by atoms with Crippen LogP contribution in [0.5, 0.6) is 0 Å². The molecular weight excluding hydrogens is 376 g/mol. The van der Waals surface area contributed by atoms with E-state index in [1.807, 2.05) is 13.0 Å². The molecule has 0 saturated heterocycles. The van der Waals surface area contributed by atoms with E-state index in [2.05, 4.69) is 43.0 Å². The topological polar surface area (TPSA) is 9.23 Å². The molecule has 0 bridgehead atoms. The highest BCUT2D eigenvalue weighted by Gasteiger charge is 2.30. The molecule has 1 nitrogen and oxygen atoms in total. The molecule has 2 saturated carbocycles. The molecule has 1 heteroatoms. The normalized spacial score (nSPS) is 26.9. The van der Waals surface area contributed by atoms with Crippen molar-refractivity contribution >= 4 is 0 Å². The lowest BCUT2D eigenvalue weighted by molar-refractivity contribution is 0.141. The number of hydrogen-bond donors (Lipinski definition) is 0. The number of hydrogen-bond acceptors (Lipinski definition) is 1. The van der Waals surface area contributed by atoms with Crippen molar-refractivity contribution in [2.24, 2.45) is 23.7 Å². The van der Waals surface area contributed by atoms with Gasteiger partial charge in [-0.25, -0.2) is 0 Å². The first-order chi connectivity index (χ1) is 15.3. The third-order valence-electron chi connectivity index (χ3n) is 8.05. The molecule has 2 aliphatic carbocycles. The second-order valence-electron chi connectivity index (χ2n) is 10.2. The summed E-state index contributed by atoms with van der Waals surface area (Å²) in [5.41, 5.74) is 2.78. The summed E-state index contributed by atoms with van der Waals surface area (Å²) < 4.78 is 5.65. The van der Waals surface area contributed by atoms with Crippen LogP contribution in [0.3, 0.4) is 0 Å². The van der Waals surface area contributed by atoms with Gasteiger partial charge >= 0.3 is 0 Å². The zero-order chi connectivity index (χ0) is 21.7. The van der Waals surface area contributed by atoms with Crippen molar-refractivity contribution in [1.82, 2.24) is 0 Å². The first kappa shape index (κ1) is 24.3. The summed E-state index contributed by atoms with van der Waals surface area (Å²) in [6, 6.07) is 9.12. The van der Waals surface area contributed by atoms with Crippen LogP contribution in [0.1, 0.15) is 95.1 Å². The molecule has 172 valence electrons. The highest BCUT2D eigenvalue weighted by molar-refractivity contribution is 5.22. The van der Waals surface area contributed by atoms with Crippen LogP contribution in [0.2, 0.25) is 0 Å². The monoisotopic (exact) mass is 422 g/mol. The minimum Gasteiger partial charge on any atom is -0.373 e. The lowest BCUT2D eigenvalue weighted by Gasteiger charge is -2.38. The van der Waals surface area contributed by atoms with Crippen molar-refractivity contribution < 1.29 is 4.74 Å². The van der Waals surface area contributed by atoms with Crippen LogP contribution < -0.4 is 0 Å². The molecule has 0 amide bonds. The summed E-state index contributed by atoms with van der Waals surface area (Å²) in [5.74, 6) is 4.04. The van der Waals surface area contributed by atoms with E-state index in [9.17, 15) is 0 Å². The highest BCUT2D eigenvalue weighted by atomic mass is 16.5. The smallest absolute Gasteiger partial charge is 0.0721 e. The van der Waals surface area contributed by atoms with E-state index >= 15 is 0 Å². The molecule has 0 unspecified atom stereocenters. The van der Waals surface area contributed by atoms with Crippen molar-refractivity contribution in [3.05, 3.63) is 60.2 Å². The fraction of sp³-hybridized carbons (Fsp3) is 0.667. The maximum Gasteiger partial charge on any atom is 0.0721 e.